The molecule has 1 aliphatic heterocycles. The third kappa shape index (κ3) is 6.41. The number of hydrogen-bond donors (Lipinski definition) is 0. The Morgan fingerprint density at radius 3 is 2.61 bits per heavy atom. The molecule has 1 unspecified atom stereocenters. The molecule has 0 N–H and O–H groups in total. The molecule has 4 rings (SSSR count). The predicted octanol–water partition coefficient (Wildman–Crippen LogP) is 5.20. The van der Waals surface area contributed by atoms with Crippen LogP contribution < -0.4 is 29.1 Å². The minimum Gasteiger partial charge on any atom is -0.491 e. The van der Waals surface area contributed by atoms with E-state index in [-0.39, 0.29) is 30.5 Å². The monoisotopic (exact) mass is 596 g/mol. The molecule has 0 radical (unpaired) electrons. The summed E-state index contributed by atoms with van der Waals surface area (Å²) in [6.07, 6.45) is 3.23. The SMILES string of the molecule is C=CCOc1c(Cl)cc(C=c2sc3n(c2=O)C(c2ccccc2OC(C)C)C(C(=O)OCC)=C(C)N=3)cc1OCC. The summed E-state index contributed by atoms with van der Waals surface area (Å²) < 4.78 is 24.9. The van der Waals surface area contributed by atoms with Gasteiger partial charge in [0.05, 0.1) is 40.1 Å². The van der Waals surface area contributed by atoms with Crippen molar-refractivity contribution in [2.24, 2.45) is 4.99 Å². The van der Waals surface area contributed by atoms with E-state index in [1.54, 1.807) is 38.1 Å². The molecule has 0 bridgehead atoms. The van der Waals surface area contributed by atoms with Gasteiger partial charge in [-0.1, -0.05) is 53.8 Å². The summed E-state index contributed by atoms with van der Waals surface area (Å²) in [6, 6.07) is 10.1. The second-order valence-corrected chi connectivity index (χ2v) is 10.8. The number of carbonyl (C=O) groups excluding carboxylic acids is 1. The zero-order valence-electron chi connectivity index (χ0n) is 23.7. The molecule has 0 aliphatic carbocycles. The van der Waals surface area contributed by atoms with Crippen molar-refractivity contribution < 1.29 is 23.7 Å². The van der Waals surface area contributed by atoms with Gasteiger partial charge in [-0.3, -0.25) is 9.36 Å². The Labute approximate surface area is 247 Å². The van der Waals surface area contributed by atoms with E-state index in [2.05, 4.69) is 11.6 Å². The third-order valence-corrected chi connectivity index (χ3v) is 7.33. The Bertz CT molecular complexity index is 1670. The van der Waals surface area contributed by atoms with E-state index in [0.717, 1.165) is 0 Å². The average Bonchev–Trinajstić information content (AvgIpc) is 3.22. The Balaban J connectivity index is 1.94. The number of benzene rings is 2. The first-order chi connectivity index (χ1) is 19.7. The minimum atomic E-state index is -0.792. The average molecular weight is 597 g/mol. The molecule has 216 valence electrons. The van der Waals surface area contributed by atoms with E-state index in [9.17, 15) is 9.59 Å². The van der Waals surface area contributed by atoms with Crippen LogP contribution in [0.2, 0.25) is 5.02 Å². The fraction of sp³-hybridized carbons (Fsp3) is 0.323. The van der Waals surface area contributed by atoms with E-state index in [0.29, 0.717) is 55.0 Å². The number of carbonyl (C=O) groups is 1. The second-order valence-electron chi connectivity index (χ2n) is 9.37. The number of para-hydroxylation sites is 1. The molecule has 1 aromatic heterocycles. The largest absolute Gasteiger partial charge is 0.491 e. The van der Waals surface area contributed by atoms with Gasteiger partial charge < -0.3 is 18.9 Å². The summed E-state index contributed by atoms with van der Waals surface area (Å²) in [5.74, 6) is 0.903. The van der Waals surface area contributed by atoms with E-state index in [1.165, 1.54) is 15.9 Å². The molecule has 1 atom stereocenters. The number of aromatic nitrogens is 1. The highest BCUT2D eigenvalue weighted by Crippen LogP contribution is 2.38. The molecule has 2 heterocycles. The normalized spacial score (nSPS) is 14.9. The smallest absolute Gasteiger partial charge is 0.338 e. The summed E-state index contributed by atoms with van der Waals surface area (Å²) in [5.41, 5.74) is 1.77. The van der Waals surface area contributed by atoms with Crippen LogP contribution in [0.5, 0.6) is 17.2 Å². The molecule has 3 aromatic rings. The molecule has 0 spiro atoms. The Morgan fingerprint density at radius 1 is 1.17 bits per heavy atom. The molecule has 0 saturated heterocycles. The lowest BCUT2D eigenvalue weighted by Gasteiger charge is -2.26. The van der Waals surface area contributed by atoms with Gasteiger partial charge in [0.15, 0.2) is 16.3 Å². The van der Waals surface area contributed by atoms with E-state index >= 15 is 0 Å². The van der Waals surface area contributed by atoms with Crippen LogP contribution in [0.3, 0.4) is 0 Å². The highest BCUT2D eigenvalue weighted by atomic mass is 35.5. The first kappa shape index (κ1) is 30.1. The van der Waals surface area contributed by atoms with Gasteiger partial charge in [0, 0.05) is 5.56 Å². The molecule has 0 amide bonds. The maximum Gasteiger partial charge on any atom is 0.338 e. The summed E-state index contributed by atoms with van der Waals surface area (Å²) in [5, 5.41) is 0.343. The van der Waals surface area contributed by atoms with Crippen LogP contribution in [0.25, 0.3) is 6.08 Å². The Kier molecular flexibility index (Phi) is 9.73. The van der Waals surface area contributed by atoms with Crippen molar-refractivity contribution in [3.63, 3.8) is 0 Å². The van der Waals surface area contributed by atoms with E-state index in [1.807, 2.05) is 45.0 Å². The van der Waals surface area contributed by atoms with E-state index < -0.39 is 12.0 Å². The molecule has 1 aliphatic rings. The molecule has 2 aromatic carbocycles. The van der Waals surface area contributed by atoms with Crippen molar-refractivity contribution in [2.45, 2.75) is 46.8 Å². The van der Waals surface area contributed by atoms with Crippen molar-refractivity contribution in [2.75, 3.05) is 19.8 Å². The lowest BCUT2D eigenvalue weighted by molar-refractivity contribution is -0.139. The van der Waals surface area contributed by atoms with Crippen LogP contribution in [-0.4, -0.2) is 36.5 Å². The molecule has 41 heavy (non-hydrogen) atoms. The number of halogens is 1. The molecule has 8 nitrogen and oxygen atoms in total. The van der Waals surface area contributed by atoms with Crippen molar-refractivity contribution >= 4 is 35.0 Å². The van der Waals surface area contributed by atoms with E-state index in [4.69, 9.17) is 30.5 Å². The van der Waals surface area contributed by atoms with Gasteiger partial charge in [-0.15, -0.1) is 0 Å². The van der Waals surface area contributed by atoms with Crippen molar-refractivity contribution in [3.8, 4) is 17.2 Å². The van der Waals surface area contributed by atoms with Gasteiger partial charge in [0.2, 0.25) is 0 Å². The van der Waals surface area contributed by atoms with Crippen molar-refractivity contribution in [3.05, 3.63) is 96.2 Å². The zero-order valence-corrected chi connectivity index (χ0v) is 25.3. The minimum absolute atomic E-state index is 0.120. The lowest BCUT2D eigenvalue weighted by atomic mass is 9.95. The Hall–Kier alpha value is -3.82. The third-order valence-electron chi connectivity index (χ3n) is 6.07. The van der Waals surface area contributed by atoms with Gasteiger partial charge in [0.25, 0.3) is 5.56 Å². The van der Waals surface area contributed by atoms with Gasteiger partial charge in [-0.25, -0.2) is 9.79 Å². The van der Waals surface area contributed by atoms with Crippen LogP contribution in [0.1, 0.15) is 51.8 Å². The topological polar surface area (TPSA) is 88.4 Å². The van der Waals surface area contributed by atoms with Crippen LogP contribution in [0.15, 0.2) is 70.1 Å². The number of ether oxygens (including phenoxy) is 4. The maximum atomic E-state index is 14.0. The summed E-state index contributed by atoms with van der Waals surface area (Å²) >= 11 is 7.77. The van der Waals surface area contributed by atoms with Gasteiger partial charge in [0.1, 0.15) is 18.4 Å². The number of nitrogens with zero attached hydrogens (tertiary/aromatic N) is 2. The van der Waals surface area contributed by atoms with Crippen molar-refractivity contribution in [1.82, 2.24) is 4.57 Å². The number of thiazole rings is 1. The van der Waals surface area contributed by atoms with Crippen LogP contribution in [-0.2, 0) is 9.53 Å². The number of rotatable bonds is 11. The van der Waals surface area contributed by atoms with Crippen LogP contribution >= 0.6 is 22.9 Å². The number of esters is 1. The van der Waals surface area contributed by atoms with Crippen LogP contribution in [0.4, 0.5) is 0 Å². The second kappa shape index (κ2) is 13.2. The summed E-state index contributed by atoms with van der Waals surface area (Å²) in [4.78, 5) is 32.4. The van der Waals surface area contributed by atoms with Crippen LogP contribution in [0, 0.1) is 0 Å². The Morgan fingerprint density at radius 2 is 1.93 bits per heavy atom. The number of fused-ring (bicyclic) bond motifs is 1. The number of hydrogen-bond acceptors (Lipinski definition) is 8. The fourth-order valence-electron chi connectivity index (χ4n) is 4.52. The predicted molar refractivity (Wildman–Crippen MR) is 161 cm³/mol. The number of allylic oxidation sites excluding steroid dienone is 1. The highest BCUT2D eigenvalue weighted by molar-refractivity contribution is 7.07. The molecule has 0 fully saturated rings. The zero-order chi connectivity index (χ0) is 29.7. The lowest BCUT2D eigenvalue weighted by Crippen LogP contribution is -2.40. The molecular formula is C31H33ClN2O6S. The molecule has 10 heteroatoms. The standard InChI is InChI=1S/C31H33ClN2O6S/c1-7-14-39-28-22(32)15-20(16-24(28)37-8-2)17-25-29(35)34-27(21-12-10-11-13-23(21)40-18(4)5)26(30(36)38-9-3)19(6)33-31(34)41-25/h7,10-13,15-18,27H,1,8-9,14H2,2-6H3. The first-order valence-electron chi connectivity index (χ1n) is 13.3. The highest BCUT2D eigenvalue weighted by Gasteiger charge is 2.35. The van der Waals surface area contributed by atoms with Crippen molar-refractivity contribution in [1.29, 1.82) is 0 Å². The van der Waals surface area contributed by atoms with Gasteiger partial charge >= 0.3 is 5.97 Å². The maximum absolute atomic E-state index is 14.0. The molecule has 0 saturated carbocycles. The first-order valence-corrected chi connectivity index (χ1v) is 14.5. The summed E-state index contributed by atoms with van der Waals surface area (Å²) in [6.45, 7) is 13.7. The molecular weight excluding hydrogens is 564 g/mol. The van der Waals surface area contributed by atoms with Gasteiger partial charge in [-0.05, 0) is 64.5 Å². The quantitative estimate of drug-likeness (QED) is 0.223. The fourth-order valence-corrected chi connectivity index (χ4v) is 5.84. The van der Waals surface area contributed by atoms with Gasteiger partial charge in [-0.2, -0.15) is 0 Å². The summed E-state index contributed by atoms with van der Waals surface area (Å²) in [7, 11) is 0.